The summed E-state index contributed by atoms with van der Waals surface area (Å²) in [5.74, 6) is -0.989. The van der Waals surface area contributed by atoms with E-state index in [0.29, 0.717) is 19.4 Å². The summed E-state index contributed by atoms with van der Waals surface area (Å²) in [6.07, 6.45) is -3.75. The molecule has 1 fully saturated rings. The Morgan fingerprint density at radius 1 is 1.04 bits per heavy atom. The Morgan fingerprint density at radius 2 is 1.74 bits per heavy atom. The normalized spacial score (nSPS) is 15.1. The highest BCUT2D eigenvalue weighted by Crippen LogP contribution is 2.47. The lowest BCUT2D eigenvalue weighted by Gasteiger charge is -2.16. The molecule has 7 heteroatoms. The molecule has 0 spiro atoms. The number of aryl methyl sites for hydroxylation is 1. The van der Waals surface area contributed by atoms with Crippen LogP contribution in [0.1, 0.15) is 29.5 Å². The molecular weight excluding hydrogens is 357 g/mol. The largest absolute Gasteiger partial charge is 0.416 e. The van der Waals surface area contributed by atoms with E-state index in [2.05, 4.69) is 10.6 Å². The Hall–Kier alpha value is -2.83. The maximum absolute atomic E-state index is 12.8. The average molecular weight is 376 g/mol. The molecule has 27 heavy (non-hydrogen) atoms. The van der Waals surface area contributed by atoms with Gasteiger partial charge < -0.3 is 10.6 Å². The number of nitrogens with one attached hydrogen (secondary N) is 2. The van der Waals surface area contributed by atoms with E-state index in [0.717, 1.165) is 23.3 Å². The van der Waals surface area contributed by atoms with E-state index in [-0.39, 0.29) is 5.69 Å². The number of halogens is 3. The predicted octanol–water partition coefficient (Wildman–Crippen LogP) is 4.05. The molecule has 0 aliphatic heterocycles. The van der Waals surface area contributed by atoms with Crippen molar-refractivity contribution in [3.05, 3.63) is 65.2 Å². The van der Waals surface area contributed by atoms with E-state index in [1.54, 1.807) is 0 Å². The van der Waals surface area contributed by atoms with Gasteiger partial charge in [0, 0.05) is 12.2 Å². The molecule has 0 aromatic heterocycles. The fourth-order valence-electron chi connectivity index (χ4n) is 2.88. The molecule has 3 rings (SSSR count). The zero-order chi connectivity index (χ0) is 19.7. The highest BCUT2D eigenvalue weighted by Gasteiger charge is 2.56. The van der Waals surface area contributed by atoms with Crippen molar-refractivity contribution in [3.63, 3.8) is 0 Å². The summed E-state index contributed by atoms with van der Waals surface area (Å²) in [5.41, 5.74) is -0.0674. The summed E-state index contributed by atoms with van der Waals surface area (Å²) >= 11 is 0. The third-order valence-electron chi connectivity index (χ3n) is 4.60. The van der Waals surface area contributed by atoms with Crippen molar-refractivity contribution in [3.8, 4) is 0 Å². The molecule has 0 bridgehead atoms. The maximum atomic E-state index is 12.8. The Morgan fingerprint density at radius 3 is 2.37 bits per heavy atom. The molecule has 2 aromatic rings. The number of anilines is 1. The van der Waals surface area contributed by atoms with Gasteiger partial charge in [-0.3, -0.25) is 9.59 Å². The number of benzene rings is 2. The van der Waals surface area contributed by atoms with Gasteiger partial charge in [0.2, 0.25) is 11.8 Å². The van der Waals surface area contributed by atoms with Crippen LogP contribution in [0.5, 0.6) is 0 Å². The van der Waals surface area contributed by atoms with Crippen molar-refractivity contribution >= 4 is 17.5 Å². The number of rotatable bonds is 5. The number of amides is 2. The zero-order valence-corrected chi connectivity index (χ0v) is 14.7. The zero-order valence-electron chi connectivity index (χ0n) is 14.7. The molecule has 1 saturated carbocycles. The second kappa shape index (κ2) is 7.06. The van der Waals surface area contributed by atoms with E-state index < -0.39 is 29.0 Å². The number of carbonyl (C=O) groups excluding carboxylic acids is 2. The molecule has 2 amide bonds. The quantitative estimate of drug-likeness (QED) is 0.774. The lowest BCUT2D eigenvalue weighted by Crippen LogP contribution is -2.39. The standard InChI is InChI=1S/C20H19F3N2O2/c1-13-4-2-5-14(10-13)12-24-17(26)19(8-9-19)18(27)25-16-7-3-6-15(11-16)20(21,22)23/h2-7,10-11H,8-9,12H2,1H3,(H,24,26)(H,25,27). The lowest BCUT2D eigenvalue weighted by atomic mass is 10.0. The van der Waals surface area contributed by atoms with Crippen LogP contribution in [0.2, 0.25) is 0 Å². The van der Waals surface area contributed by atoms with Crippen LogP contribution < -0.4 is 10.6 Å². The molecule has 0 unspecified atom stereocenters. The van der Waals surface area contributed by atoms with E-state index in [4.69, 9.17) is 0 Å². The van der Waals surface area contributed by atoms with Crippen LogP contribution in [0.15, 0.2) is 48.5 Å². The van der Waals surface area contributed by atoms with Crippen molar-refractivity contribution in [2.45, 2.75) is 32.5 Å². The first kappa shape index (κ1) is 18.9. The van der Waals surface area contributed by atoms with Gasteiger partial charge in [0.15, 0.2) is 0 Å². The van der Waals surface area contributed by atoms with Crippen LogP contribution in [-0.2, 0) is 22.3 Å². The summed E-state index contributed by atoms with van der Waals surface area (Å²) in [6, 6.07) is 12.0. The van der Waals surface area contributed by atoms with Crippen LogP contribution in [0.4, 0.5) is 18.9 Å². The van der Waals surface area contributed by atoms with Crippen molar-refractivity contribution in [1.82, 2.24) is 5.32 Å². The van der Waals surface area contributed by atoms with Crippen molar-refractivity contribution in [2.24, 2.45) is 5.41 Å². The van der Waals surface area contributed by atoms with Gasteiger partial charge in [-0.15, -0.1) is 0 Å². The highest BCUT2D eigenvalue weighted by molar-refractivity contribution is 6.13. The fourth-order valence-corrected chi connectivity index (χ4v) is 2.88. The fraction of sp³-hybridized carbons (Fsp3) is 0.300. The monoisotopic (exact) mass is 376 g/mol. The minimum atomic E-state index is -4.50. The van der Waals surface area contributed by atoms with Crippen LogP contribution in [0.25, 0.3) is 0 Å². The molecule has 1 aliphatic rings. The van der Waals surface area contributed by atoms with E-state index in [1.165, 1.54) is 12.1 Å². The van der Waals surface area contributed by atoms with Gasteiger partial charge in [0.1, 0.15) is 5.41 Å². The molecule has 142 valence electrons. The summed E-state index contributed by atoms with van der Waals surface area (Å²) in [6.45, 7) is 2.23. The van der Waals surface area contributed by atoms with Gasteiger partial charge in [-0.05, 0) is 43.5 Å². The van der Waals surface area contributed by atoms with Crippen LogP contribution in [0.3, 0.4) is 0 Å². The first-order chi connectivity index (χ1) is 12.7. The van der Waals surface area contributed by atoms with Crippen molar-refractivity contribution in [2.75, 3.05) is 5.32 Å². The van der Waals surface area contributed by atoms with Crippen LogP contribution >= 0.6 is 0 Å². The maximum Gasteiger partial charge on any atom is 0.416 e. The van der Waals surface area contributed by atoms with Gasteiger partial charge in [-0.25, -0.2) is 0 Å². The molecule has 0 atom stereocenters. The van der Waals surface area contributed by atoms with Gasteiger partial charge >= 0.3 is 6.18 Å². The molecule has 4 nitrogen and oxygen atoms in total. The van der Waals surface area contributed by atoms with E-state index in [9.17, 15) is 22.8 Å². The number of hydrogen-bond donors (Lipinski definition) is 2. The third kappa shape index (κ3) is 4.30. The first-order valence-corrected chi connectivity index (χ1v) is 8.53. The second-order valence-corrected chi connectivity index (χ2v) is 6.79. The Balaban J connectivity index is 1.65. The van der Waals surface area contributed by atoms with Gasteiger partial charge in [-0.2, -0.15) is 13.2 Å². The topological polar surface area (TPSA) is 58.2 Å². The first-order valence-electron chi connectivity index (χ1n) is 8.53. The van der Waals surface area contributed by atoms with Crippen molar-refractivity contribution < 1.29 is 22.8 Å². The highest BCUT2D eigenvalue weighted by atomic mass is 19.4. The SMILES string of the molecule is Cc1cccc(CNC(=O)C2(C(=O)Nc3cccc(C(F)(F)F)c3)CC2)c1. The molecule has 1 aliphatic carbocycles. The number of carbonyl (C=O) groups is 2. The van der Waals surface area contributed by atoms with E-state index >= 15 is 0 Å². The molecule has 0 saturated heterocycles. The van der Waals surface area contributed by atoms with Crippen LogP contribution in [0, 0.1) is 12.3 Å². The summed E-state index contributed by atoms with van der Waals surface area (Å²) in [5, 5.41) is 5.20. The van der Waals surface area contributed by atoms with Crippen molar-refractivity contribution in [1.29, 1.82) is 0 Å². The minimum absolute atomic E-state index is 0.0209. The Bertz CT molecular complexity index is 874. The van der Waals surface area contributed by atoms with Crippen LogP contribution in [-0.4, -0.2) is 11.8 Å². The number of alkyl halides is 3. The van der Waals surface area contributed by atoms with Gasteiger partial charge in [0.25, 0.3) is 0 Å². The smallest absolute Gasteiger partial charge is 0.351 e. The molecule has 0 heterocycles. The second-order valence-electron chi connectivity index (χ2n) is 6.79. The predicted molar refractivity (Wildman–Crippen MR) is 94.8 cm³/mol. The average Bonchev–Trinajstić information content (AvgIpc) is 3.41. The lowest BCUT2D eigenvalue weighted by molar-refractivity contribution is -0.138. The molecule has 2 aromatic carbocycles. The Kier molecular flexibility index (Phi) is 4.95. The molecule has 2 N–H and O–H groups in total. The molecular formula is C20H19F3N2O2. The third-order valence-corrected chi connectivity index (χ3v) is 4.60. The summed E-state index contributed by atoms with van der Waals surface area (Å²) in [4.78, 5) is 25.0. The van der Waals surface area contributed by atoms with E-state index in [1.807, 2.05) is 31.2 Å². The summed E-state index contributed by atoms with van der Waals surface area (Å²) in [7, 11) is 0. The van der Waals surface area contributed by atoms with Gasteiger partial charge in [0.05, 0.1) is 5.56 Å². The molecule has 0 radical (unpaired) electrons. The Labute approximate surface area is 154 Å². The van der Waals surface area contributed by atoms with Gasteiger partial charge in [-0.1, -0.05) is 35.9 Å². The summed E-state index contributed by atoms with van der Waals surface area (Å²) < 4.78 is 38.4. The number of hydrogen-bond acceptors (Lipinski definition) is 2. The minimum Gasteiger partial charge on any atom is -0.351 e.